The van der Waals surface area contributed by atoms with Crippen LogP contribution in [0, 0.1) is 0 Å². The van der Waals surface area contributed by atoms with Crippen molar-refractivity contribution in [3.8, 4) is 5.75 Å². The normalized spacial score (nSPS) is 15.4. The van der Waals surface area contributed by atoms with Gasteiger partial charge in [-0.2, -0.15) is 0 Å². The fourth-order valence-electron chi connectivity index (χ4n) is 0.959. The van der Waals surface area contributed by atoms with Gasteiger partial charge in [-0.15, -0.1) is 0 Å². The van der Waals surface area contributed by atoms with Gasteiger partial charge in [0.25, 0.3) is 0 Å². The quantitative estimate of drug-likeness (QED) is 0.615. The van der Waals surface area contributed by atoms with Crippen molar-refractivity contribution in [2.24, 2.45) is 9.04 Å². The second-order valence-corrected chi connectivity index (χ2v) is 4.46. The molecule has 0 fully saturated rings. The van der Waals surface area contributed by atoms with Gasteiger partial charge in [0.2, 0.25) is 5.88 Å². The zero-order valence-electron chi connectivity index (χ0n) is 7.09. The van der Waals surface area contributed by atoms with Crippen LogP contribution in [-0.4, -0.2) is 5.11 Å². The minimum Gasteiger partial charge on any atom is -0.508 e. The first-order valence-electron chi connectivity index (χ1n) is 3.83. The Morgan fingerprint density at radius 2 is 2.07 bits per heavy atom. The van der Waals surface area contributed by atoms with Crippen LogP contribution in [0.5, 0.6) is 5.75 Å². The highest BCUT2D eigenvalue weighted by Crippen LogP contribution is 2.28. The van der Waals surface area contributed by atoms with Crippen molar-refractivity contribution >= 4 is 27.0 Å². The zero-order chi connectivity index (χ0) is 9.97. The first kappa shape index (κ1) is 9.25. The lowest BCUT2D eigenvalue weighted by atomic mass is 10.3. The van der Waals surface area contributed by atoms with Crippen LogP contribution in [0.4, 0.5) is 5.69 Å². The van der Waals surface area contributed by atoms with Gasteiger partial charge in [-0.25, -0.2) is 0 Å². The van der Waals surface area contributed by atoms with E-state index in [0.717, 1.165) is 5.69 Å². The second-order valence-electron chi connectivity index (χ2n) is 2.59. The van der Waals surface area contributed by atoms with Crippen molar-refractivity contribution in [2.45, 2.75) is 0 Å². The van der Waals surface area contributed by atoms with Gasteiger partial charge < -0.3 is 15.7 Å². The standard InChI is InChI=1S/C8H8IN3O2/c10-8-5-12(9-11-14-8)6-1-3-7(13)4-2-6/h1-5,13H,10H2. The minimum absolute atomic E-state index is 0.245. The maximum atomic E-state index is 9.11. The summed E-state index contributed by atoms with van der Waals surface area (Å²) in [7, 11) is 0. The Morgan fingerprint density at radius 1 is 1.36 bits per heavy atom. The molecule has 0 aliphatic carbocycles. The van der Waals surface area contributed by atoms with E-state index in [0.29, 0.717) is 0 Å². The van der Waals surface area contributed by atoms with Crippen LogP contribution in [-0.2, 0) is 4.84 Å². The van der Waals surface area contributed by atoms with Gasteiger partial charge in [0.05, 0.1) is 11.9 Å². The third kappa shape index (κ3) is 1.95. The topological polar surface area (TPSA) is 71.1 Å². The Labute approximate surface area is 91.2 Å². The smallest absolute Gasteiger partial charge is 0.238 e. The highest BCUT2D eigenvalue weighted by Gasteiger charge is 2.07. The van der Waals surface area contributed by atoms with Crippen LogP contribution in [0.2, 0.25) is 0 Å². The average Bonchev–Trinajstić information content (AvgIpc) is 2.19. The predicted octanol–water partition coefficient (Wildman–Crippen LogP) is 1.97. The Balaban J connectivity index is 2.27. The average molecular weight is 305 g/mol. The molecule has 0 amide bonds. The molecule has 1 aliphatic rings. The number of phenolic OH excluding ortho intramolecular Hbond substituents is 1. The summed E-state index contributed by atoms with van der Waals surface area (Å²) < 4.78 is 5.75. The summed E-state index contributed by atoms with van der Waals surface area (Å²) in [5, 5.41) is 9.11. The van der Waals surface area contributed by atoms with Gasteiger partial charge >= 0.3 is 0 Å². The number of nitrogens with two attached hydrogens (primary N) is 1. The van der Waals surface area contributed by atoms with Gasteiger partial charge in [-0.05, 0) is 27.6 Å². The summed E-state index contributed by atoms with van der Waals surface area (Å²) >= 11 is -0.569. The van der Waals surface area contributed by atoms with E-state index in [1.807, 2.05) is 3.11 Å². The van der Waals surface area contributed by atoms with E-state index in [-0.39, 0.29) is 11.6 Å². The van der Waals surface area contributed by atoms with Crippen molar-refractivity contribution in [3.63, 3.8) is 0 Å². The lowest BCUT2D eigenvalue weighted by molar-refractivity contribution is 0.236. The van der Waals surface area contributed by atoms with Crippen LogP contribution in [0.25, 0.3) is 0 Å². The first-order chi connectivity index (χ1) is 6.75. The van der Waals surface area contributed by atoms with Crippen LogP contribution >= 0.6 is 21.3 Å². The summed E-state index contributed by atoms with van der Waals surface area (Å²) in [5.41, 5.74) is 6.41. The van der Waals surface area contributed by atoms with Crippen molar-refractivity contribution in [1.82, 2.24) is 0 Å². The molecule has 14 heavy (non-hydrogen) atoms. The molecule has 2 rings (SSSR count). The number of hydrogen-bond acceptors (Lipinski definition) is 5. The lowest BCUT2D eigenvalue weighted by Gasteiger charge is -2.16. The number of halogens is 1. The molecule has 6 heteroatoms. The lowest BCUT2D eigenvalue weighted by Crippen LogP contribution is -2.10. The molecular weight excluding hydrogens is 297 g/mol. The Hall–Kier alpha value is -1.31. The molecule has 0 atom stereocenters. The van der Waals surface area contributed by atoms with Gasteiger partial charge in [0.15, 0.2) is 21.3 Å². The van der Waals surface area contributed by atoms with Gasteiger partial charge in [-0.3, -0.25) is 3.11 Å². The van der Waals surface area contributed by atoms with E-state index in [4.69, 9.17) is 15.7 Å². The zero-order valence-corrected chi connectivity index (χ0v) is 9.25. The van der Waals surface area contributed by atoms with E-state index in [2.05, 4.69) is 3.31 Å². The van der Waals surface area contributed by atoms with E-state index in [1.165, 1.54) is 0 Å². The fraction of sp³-hybridized carbons (Fsp3) is 0. The Bertz CT molecular complexity index is 388. The van der Waals surface area contributed by atoms with Gasteiger partial charge in [0, 0.05) is 0 Å². The van der Waals surface area contributed by atoms with Gasteiger partial charge in [-0.1, -0.05) is 0 Å². The Morgan fingerprint density at radius 3 is 2.71 bits per heavy atom. The molecule has 0 radical (unpaired) electrons. The number of aromatic hydroxyl groups is 1. The molecule has 0 spiro atoms. The van der Waals surface area contributed by atoms with Crippen LogP contribution < -0.4 is 8.85 Å². The maximum Gasteiger partial charge on any atom is 0.238 e. The molecule has 0 saturated carbocycles. The number of benzene rings is 1. The van der Waals surface area contributed by atoms with Crippen molar-refractivity contribution in [2.75, 3.05) is 3.11 Å². The van der Waals surface area contributed by atoms with Gasteiger partial charge in [0.1, 0.15) is 5.75 Å². The van der Waals surface area contributed by atoms with E-state index in [1.54, 1.807) is 30.5 Å². The summed E-state index contributed by atoms with van der Waals surface area (Å²) in [6, 6.07) is 6.86. The summed E-state index contributed by atoms with van der Waals surface area (Å²) in [6.07, 6.45) is 1.70. The first-order valence-corrected chi connectivity index (χ1v) is 5.76. The molecule has 0 bridgehead atoms. The monoisotopic (exact) mass is 305 g/mol. The van der Waals surface area contributed by atoms with Crippen molar-refractivity contribution in [1.29, 1.82) is 0 Å². The largest absolute Gasteiger partial charge is 0.508 e. The number of hydrogen-bond donors (Lipinski definition) is 2. The SMILES string of the molecule is NC1=CN(c2ccc(O)cc2)I=NO1. The number of anilines is 1. The molecule has 1 aromatic rings. The van der Waals surface area contributed by atoms with Crippen molar-refractivity contribution in [3.05, 3.63) is 36.3 Å². The van der Waals surface area contributed by atoms with Crippen LogP contribution in [0.3, 0.4) is 0 Å². The van der Waals surface area contributed by atoms with E-state index < -0.39 is 21.3 Å². The highest BCUT2D eigenvalue weighted by molar-refractivity contribution is 14.2. The third-order valence-electron chi connectivity index (χ3n) is 1.59. The summed E-state index contributed by atoms with van der Waals surface area (Å²) in [6.45, 7) is 0. The fourth-order valence-corrected chi connectivity index (χ4v) is 2.43. The number of phenols is 1. The predicted molar refractivity (Wildman–Crippen MR) is 60.4 cm³/mol. The van der Waals surface area contributed by atoms with E-state index in [9.17, 15) is 0 Å². The van der Waals surface area contributed by atoms with Crippen LogP contribution in [0.1, 0.15) is 0 Å². The minimum atomic E-state index is -0.569. The molecule has 1 aliphatic heterocycles. The second kappa shape index (κ2) is 3.82. The molecule has 74 valence electrons. The molecule has 0 unspecified atom stereocenters. The Kier molecular flexibility index (Phi) is 2.53. The molecule has 1 heterocycles. The number of rotatable bonds is 1. The summed E-state index contributed by atoms with van der Waals surface area (Å²) in [4.78, 5) is 4.77. The molecule has 1 aromatic carbocycles. The molecule has 0 saturated heterocycles. The maximum absolute atomic E-state index is 9.11. The van der Waals surface area contributed by atoms with Crippen LogP contribution in [0.15, 0.2) is 39.7 Å². The molecule has 5 nitrogen and oxygen atoms in total. The molecule has 3 N–H and O–H groups in total. The summed E-state index contributed by atoms with van der Waals surface area (Å²) in [5.74, 6) is 0.526. The third-order valence-corrected chi connectivity index (χ3v) is 3.26. The van der Waals surface area contributed by atoms with E-state index >= 15 is 0 Å². The van der Waals surface area contributed by atoms with Crippen molar-refractivity contribution < 1.29 is 9.94 Å². The number of nitrogens with zero attached hydrogens (tertiary/aromatic N) is 2. The molecular formula is C8H8IN3O2. The highest BCUT2D eigenvalue weighted by atomic mass is 127. The molecule has 0 aromatic heterocycles.